The zero-order valence-electron chi connectivity index (χ0n) is 17.0. The number of benzene rings is 2. The second-order valence-corrected chi connectivity index (χ2v) is 7.88. The third-order valence-electron chi connectivity index (χ3n) is 5.30. The van der Waals surface area contributed by atoms with Crippen LogP contribution < -0.4 is 10.3 Å². The number of ether oxygens (including phenoxy) is 1. The fourth-order valence-electron chi connectivity index (χ4n) is 3.86. The highest BCUT2D eigenvalue weighted by Gasteiger charge is 2.15. The molecule has 0 amide bonds. The molecule has 0 bridgehead atoms. The van der Waals surface area contributed by atoms with Gasteiger partial charge >= 0.3 is 0 Å². The van der Waals surface area contributed by atoms with E-state index < -0.39 is 0 Å². The van der Waals surface area contributed by atoms with Crippen LogP contribution in [0.3, 0.4) is 0 Å². The van der Waals surface area contributed by atoms with Gasteiger partial charge in [0.25, 0.3) is 5.56 Å². The molecule has 0 N–H and O–H groups in total. The van der Waals surface area contributed by atoms with Crippen LogP contribution >= 0.6 is 11.6 Å². The van der Waals surface area contributed by atoms with E-state index in [0.717, 1.165) is 27.4 Å². The molecule has 0 fully saturated rings. The Labute approximate surface area is 183 Å². The first-order valence-corrected chi connectivity index (χ1v) is 10.2. The lowest BCUT2D eigenvalue weighted by Gasteiger charge is -2.06. The van der Waals surface area contributed by atoms with E-state index >= 15 is 0 Å². The zero-order chi connectivity index (χ0) is 21.5. The number of hydrogen-bond donors (Lipinski definition) is 0. The quantitative estimate of drug-likeness (QED) is 0.373. The fourth-order valence-corrected chi connectivity index (χ4v) is 4.02. The molecule has 154 valence electrons. The molecule has 2 aromatic carbocycles. The molecule has 3 heterocycles. The van der Waals surface area contributed by atoms with Crippen LogP contribution in [0, 0.1) is 6.92 Å². The van der Waals surface area contributed by atoms with E-state index in [-0.39, 0.29) is 5.56 Å². The number of rotatable bonds is 4. The van der Waals surface area contributed by atoms with Gasteiger partial charge in [0.1, 0.15) is 16.4 Å². The Morgan fingerprint density at radius 2 is 1.87 bits per heavy atom. The highest BCUT2D eigenvalue weighted by atomic mass is 35.5. The molecule has 0 aliphatic carbocycles. The summed E-state index contributed by atoms with van der Waals surface area (Å²) in [6.07, 6.45) is 1.76. The maximum absolute atomic E-state index is 13.2. The highest BCUT2D eigenvalue weighted by Crippen LogP contribution is 2.30. The molecule has 0 aliphatic rings. The molecular weight excluding hydrogens is 412 g/mol. The summed E-state index contributed by atoms with van der Waals surface area (Å²) >= 11 is 5.94. The lowest BCUT2D eigenvalue weighted by Crippen LogP contribution is -2.24. The molecule has 0 radical (unpaired) electrons. The Kier molecular flexibility index (Phi) is 4.71. The summed E-state index contributed by atoms with van der Waals surface area (Å²) in [5.41, 5.74) is 3.55. The molecule has 0 aliphatic heterocycles. The van der Waals surface area contributed by atoms with E-state index in [1.807, 2.05) is 54.9 Å². The van der Waals surface area contributed by atoms with Crippen molar-refractivity contribution in [3.63, 3.8) is 0 Å². The molecule has 6 nitrogen and oxygen atoms in total. The van der Waals surface area contributed by atoms with Gasteiger partial charge in [-0.05, 0) is 30.7 Å². The van der Waals surface area contributed by atoms with Gasteiger partial charge in [-0.25, -0.2) is 9.67 Å². The standard InChI is InChI=1S/C24H19ClN4O2/c1-15-5-3-6-16(11-15)14-29-24(30)23-19(13-26-29)18-10-9-17(12-20(18)28(23)2)31-22-8-4-7-21(25)27-22/h3-13H,14H2,1-2H3. The summed E-state index contributed by atoms with van der Waals surface area (Å²) in [6, 6.07) is 19.0. The van der Waals surface area contributed by atoms with Crippen LogP contribution in [0.4, 0.5) is 0 Å². The molecule has 5 rings (SSSR count). The van der Waals surface area contributed by atoms with Gasteiger partial charge < -0.3 is 9.30 Å². The smallest absolute Gasteiger partial charge is 0.291 e. The van der Waals surface area contributed by atoms with Crippen LogP contribution in [-0.2, 0) is 13.6 Å². The van der Waals surface area contributed by atoms with Crippen LogP contribution in [0.15, 0.2) is 71.7 Å². The first-order chi connectivity index (χ1) is 15.0. The van der Waals surface area contributed by atoms with E-state index in [2.05, 4.69) is 16.1 Å². The van der Waals surface area contributed by atoms with Crippen molar-refractivity contribution >= 4 is 33.4 Å². The molecule has 31 heavy (non-hydrogen) atoms. The Balaban J connectivity index is 1.58. The Morgan fingerprint density at radius 3 is 2.68 bits per heavy atom. The van der Waals surface area contributed by atoms with Crippen molar-refractivity contribution in [2.45, 2.75) is 13.5 Å². The number of fused-ring (bicyclic) bond motifs is 3. The van der Waals surface area contributed by atoms with Gasteiger partial charge in [0.2, 0.25) is 5.88 Å². The highest BCUT2D eigenvalue weighted by molar-refractivity contribution is 6.29. The minimum absolute atomic E-state index is 0.128. The summed E-state index contributed by atoms with van der Waals surface area (Å²) in [4.78, 5) is 17.4. The molecule has 0 spiro atoms. The minimum atomic E-state index is -0.128. The average molecular weight is 431 g/mol. The number of pyridine rings is 1. The largest absolute Gasteiger partial charge is 0.439 e. The maximum Gasteiger partial charge on any atom is 0.291 e. The van der Waals surface area contributed by atoms with Crippen molar-refractivity contribution in [1.82, 2.24) is 19.3 Å². The topological polar surface area (TPSA) is 61.9 Å². The van der Waals surface area contributed by atoms with Gasteiger partial charge in [-0.1, -0.05) is 47.5 Å². The zero-order valence-corrected chi connectivity index (χ0v) is 17.8. The van der Waals surface area contributed by atoms with Crippen LogP contribution in [0.25, 0.3) is 21.8 Å². The van der Waals surface area contributed by atoms with Gasteiger partial charge in [0, 0.05) is 30.0 Å². The predicted molar refractivity (Wildman–Crippen MR) is 122 cm³/mol. The molecule has 0 saturated heterocycles. The van der Waals surface area contributed by atoms with E-state index in [1.165, 1.54) is 4.68 Å². The normalized spacial score (nSPS) is 11.3. The summed E-state index contributed by atoms with van der Waals surface area (Å²) in [7, 11) is 1.88. The Hall–Kier alpha value is -3.64. The van der Waals surface area contributed by atoms with Crippen molar-refractivity contribution in [3.05, 3.63) is 93.5 Å². The third kappa shape index (κ3) is 3.55. The third-order valence-corrected chi connectivity index (χ3v) is 5.51. The van der Waals surface area contributed by atoms with Crippen molar-refractivity contribution in [1.29, 1.82) is 0 Å². The first-order valence-electron chi connectivity index (χ1n) is 9.84. The summed E-state index contributed by atoms with van der Waals surface area (Å²) in [5, 5.41) is 6.55. The van der Waals surface area contributed by atoms with Crippen LogP contribution in [0.2, 0.25) is 5.15 Å². The molecule has 5 aromatic rings. The van der Waals surface area contributed by atoms with Gasteiger partial charge in [0.15, 0.2) is 0 Å². The van der Waals surface area contributed by atoms with Crippen molar-refractivity contribution < 1.29 is 4.74 Å². The monoisotopic (exact) mass is 430 g/mol. The number of aryl methyl sites for hydroxylation is 2. The number of hydrogen-bond acceptors (Lipinski definition) is 4. The summed E-state index contributed by atoms with van der Waals surface area (Å²) in [6.45, 7) is 2.46. The second kappa shape index (κ2) is 7.56. The number of halogens is 1. The van der Waals surface area contributed by atoms with Gasteiger partial charge in [0.05, 0.1) is 18.3 Å². The van der Waals surface area contributed by atoms with E-state index in [4.69, 9.17) is 16.3 Å². The predicted octanol–water partition coefficient (Wildman–Crippen LogP) is 5.09. The SMILES string of the molecule is Cc1cccc(Cn2ncc3c4ccc(Oc5cccc(Cl)n5)cc4n(C)c3c2=O)c1. The van der Waals surface area contributed by atoms with Gasteiger partial charge in [-0.3, -0.25) is 4.79 Å². The van der Waals surface area contributed by atoms with Crippen LogP contribution in [0.5, 0.6) is 11.6 Å². The van der Waals surface area contributed by atoms with Gasteiger partial charge in [-0.15, -0.1) is 0 Å². The molecule has 0 unspecified atom stereocenters. The maximum atomic E-state index is 13.2. The van der Waals surface area contributed by atoms with Crippen molar-refractivity contribution in [2.24, 2.45) is 7.05 Å². The minimum Gasteiger partial charge on any atom is -0.439 e. The fraction of sp³-hybridized carbons (Fsp3) is 0.125. The summed E-state index contributed by atoms with van der Waals surface area (Å²) < 4.78 is 9.25. The van der Waals surface area contributed by atoms with Crippen molar-refractivity contribution in [3.8, 4) is 11.6 Å². The van der Waals surface area contributed by atoms with E-state index in [0.29, 0.717) is 28.8 Å². The van der Waals surface area contributed by atoms with Crippen LogP contribution in [0.1, 0.15) is 11.1 Å². The van der Waals surface area contributed by atoms with Crippen LogP contribution in [-0.4, -0.2) is 19.3 Å². The Morgan fingerprint density at radius 1 is 1.03 bits per heavy atom. The Bertz CT molecular complexity index is 1500. The molecule has 0 saturated carbocycles. The lowest BCUT2D eigenvalue weighted by atomic mass is 10.1. The van der Waals surface area contributed by atoms with E-state index in [1.54, 1.807) is 24.4 Å². The first kappa shape index (κ1) is 19.3. The average Bonchev–Trinajstić information content (AvgIpc) is 3.02. The molecule has 3 aromatic heterocycles. The molecular formula is C24H19ClN4O2. The van der Waals surface area contributed by atoms with E-state index in [9.17, 15) is 4.79 Å². The second-order valence-electron chi connectivity index (χ2n) is 7.50. The number of nitrogens with zero attached hydrogens (tertiary/aromatic N) is 4. The number of aromatic nitrogens is 4. The van der Waals surface area contributed by atoms with Crippen molar-refractivity contribution in [2.75, 3.05) is 0 Å². The summed E-state index contributed by atoms with van der Waals surface area (Å²) in [5.74, 6) is 1.02. The lowest BCUT2D eigenvalue weighted by molar-refractivity contribution is 0.463. The van der Waals surface area contributed by atoms with Gasteiger partial charge in [-0.2, -0.15) is 5.10 Å². The molecule has 7 heteroatoms. The molecule has 0 atom stereocenters.